The number of aromatic nitrogens is 1. The minimum atomic E-state index is -0.407. The maximum atomic E-state index is 12.5. The molecule has 0 bridgehead atoms. The van der Waals surface area contributed by atoms with Crippen molar-refractivity contribution in [3.63, 3.8) is 0 Å². The van der Waals surface area contributed by atoms with Crippen LogP contribution < -0.4 is 10.6 Å². The van der Waals surface area contributed by atoms with Crippen LogP contribution in [0.1, 0.15) is 21.0 Å². The summed E-state index contributed by atoms with van der Waals surface area (Å²) >= 11 is 13.5. The highest BCUT2D eigenvalue weighted by Crippen LogP contribution is 2.27. The van der Waals surface area contributed by atoms with Gasteiger partial charge in [0.25, 0.3) is 11.8 Å². The van der Waals surface area contributed by atoms with E-state index in [1.165, 1.54) is 0 Å². The van der Waals surface area contributed by atoms with Crippen LogP contribution in [0.15, 0.2) is 72.5 Å². The van der Waals surface area contributed by atoms with Crippen LogP contribution in [0.4, 0.5) is 11.4 Å². The minimum absolute atomic E-state index is 0.142. The molecule has 0 spiro atoms. The Kier molecular flexibility index (Phi) is 7.03. The van der Waals surface area contributed by atoms with E-state index >= 15 is 0 Å². The molecular weight excluding hydrogens is 622 g/mol. The third kappa shape index (κ3) is 5.28. The van der Waals surface area contributed by atoms with E-state index in [-0.39, 0.29) is 11.4 Å². The van der Waals surface area contributed by atoms with Crippen LogP contribution in [0.3, 0.4) is 0 Å². The van der Waals surface area contributed by atoms with E-state index in [0.717, 1.165) is 17.9 Å². The Hall–Kier alpha value is -1.55. The zero-order valence-corrected chi connectivity index (χ0v) is 20.3. The molecule has 0 atom stereocenters. The molecule has 0 unspecified atom stereocenters. The Morgan fingerprint density at radius 1 is 0.643 bits per heavy atom. The van der Waals surface area contributed by atoms with Crippen molar-refractivity contribution in [1.82, 2.24) is 4.98 Å². The number of carbonyl (C=O) groups excluding carboxylic acids is 2. The molecule has 0 aliphatic heterocycles. The highest BCUT2D eigenvalue weighted by Gasteiger charge is 2.14. The molecule has 3 aromatic rings. The molecule has 1 heterocycles. The number of nitrogens with zero attached hydrogens (tertiary/aromatic N) is 1. The second-order valence-corrected chi connectivity index (χ2v) is 8.99. The molecule has 2 N–H and O–H groups in total. The van der Waals surface area contributed by atoms with Gasteiger partial charge in [0.1, 0.15) is 11.4 Å². The lowest BCUT2D eigenvalue weighted by Gasteiger charge is -2.09. The molecule has 0 saturated heterocycles. The van der Waals surface area contributed by atoms with Gasteiger partial charge in [0.15, 0.2) is 0 Å². The molecular formula is C19H11Br4N3O2. The summed E-state index contributed by atoms with van der Waals surface area (Å²) in [4.78, 5) is 29.1. The number of hydrogen-bond donors (Lipinski definition) is 2. The summed E-state index contributed by atoms with van der Waals surface area (Å²) in [6.07, 6.45) is 0. The number of pyridine rings is 1. The maximum Gasteiger partial charge on any atom is 0.274 e. The Bertz CT molecular complexity index is 992. The Morgan fingerprint density at radius 3 is 1.46 bits per heavy atom. The molecule has 1 aromatic heterocycles. The first-order valence-electron chi connectivity index (χ1n) is 7.83. The zero-order valence-electron chi connectivity index (χ0n) is 14.0. The average Bonchev–Trinajstić information content (AvgIpc) is 2.67. The van der Waals surface area contributed by atoms with E-state index in [9.17, 15) is 9.59 Å². The first-order chi connectivity index (χ1) is 13.3. The third-order valence-corrected chi connectivity index (χ3v) is 7.33. The molecule has 0 fully saturated rings. The highest BCUT2D eigenvalue weighted by molar-refractivity contribution is 9.13. The Morgan fingerprint density at radius 2 is 1.07 bits per heavy atom. The lowest BCUT2D eigenvalue weighted by molar-refractivity contribution is 0.101. The number of halogens is 4. The topological polar surface area (TPSA) is 71.1 Å². The summed E-state index contributed by atoms with van der Waals surface area (Å²) in [5.74, 6) is -0.814. The normalized spacial score (nSPS) is 10.4. The molecule has 2 amide bonds. The van der Waals surface area contributed by atoms with Gasteiger partial charge in [0.05, 0.1) is 0 Å². The number of hydrogen-bond acceptors (Lipinski definition) is 3. The lowest BCUT2D eigenvalue weighted by atomic mass is 10.2. The second kappa shape index (κ2) is 9.30. The van der Waals surface area contributed by atoms with Crippen LogP contribution >= 0.6 is 63.7 Å². The predicted octanol–water partition coefficient (Wildman–Crippen LogP) is 6.64. The van der Waals surface area contributed by atoms with Crippen molar-refractivity contribution in [1.29, 1.82) is 0 Å². The average molecular weight is 633 g/mol. The van der Waals surface area contributed by atoms with Crippen LogP contribution in [-0.4, -0.2) is 16.8 Å². The largest absolute Gasteiger partial charge is 0.321 e. The highest BCUT2D eigenvalue weighted by atomic mass is 79.9. The van der Waals surface area contributed by atoms with Crippen molar-refractivity contribution in [3.05, 3.63) is 83.9 Å². The zero-order chi connectivity index (χ0) is 20.3. The number of nitrogens with one attached hydrogen (secondary N) is 2. The lowest BCUT2D eigenvalue weighted by Crippen LogP contribution is -2.18. The summed E-state index contributed by atoms with van der Waals surface area (Å²) < 4.78 is 3.38. The molecule has 9 heteroatoms. The Labute approximate surface area is 194 Å². The quantitative estimate of drug-likeness (QED) is 0.339. The van der Waals surface area contributed by atoms with Crippen LogP contribution in [0.25, 0.3) is 0 Å². The summed E-state index contributed by atoms with van der Waals surface area (Å²) in [6.45, 7) is 0. The number of amides is 2. The number of benzene rings is 2. The van der Waals surface area contributed by atoms with Crippen LogP contribution in [0.5, 0.6) is 0 Å². The van der Waals surface area contributed by atoms with E-state index in [1.807, 2.05) is 12.1 Å². The van der Waals surface area contributed by atoms with Gasteiger partial charge >= 0.3 is 0 Å². The predicted molar refractivity (Wildman–Crippen MR) is 124 cm³/mol. The minimum Gasteiger partial charge on any atom is -0.321 e. The van der Waals surface area contributed by atoms with E-state index < -0.39 is 11.8 Å². The van der Waals surface area contributed by atoms with Crippen molar-refractivity contribution in [3.8, 4) is 0 Å². The first-order valence-corrected chi connectivity index (χ1v) is 11.0. The third-order valence-electron chi connectivity index (χ3n) is 3.57. The monoisotopic (exact) mass is 629 g/mol. The van der Waals surface area contributed by atoms with E-state index in [0.29, 0.717) is 11.4 Å². The molecule has 142 valence electrons. The fraction of sp³-hybridized carbons (Fsp3) is 0. The van der Waals surface area contributed by atoms with Crippen molar-refractivity contribution in [2.75, 3.05) is 10.6 Å². The van der Waals surface area contributed by atoms with Gasteiger partial charge in [0.2, 0.25) is 0 Å². The van der Waals surface area contributed by atoms with Crippen molar-refractivity contribution >= 4 is 86.9 Å². The standard InChI is InChI=1S/C19H11Br4N3O2/c20-12-6-4-10(8-14(12)22)24-18(27)16-2-1-3-17(26-16)19(28)25-11-5-7-13(21)15(23)9-11/h1-9H,(H,24,27)(H,25,28). The van der Waals surface area contributed by atoms with Gasteiger partial charge in [-0.25, -0.2) is 4.98 Å². The second-order valence-electron chi connectivity index (χ2n) is 5.57. The fourth-order valence-electron chi connectivity index (χ4n) is 2.23. The van der Waals surface area contributed by atoms with Gasteiger partial charge in [-0.15, -0.1) is 0 Å². The van der Waals surface area contributed by atoms with Crippen LogP contribution in [0.2, 0.25) is 0 Å². The SMILES string of the molecule is O=C(Nc1ccc(Br)c(Br)c1)c1cccc(C(=O)Nc2ccc(Br)c(Br)c2)n1. The van der Waals surface area contributed by atoms with Gasteiger partial charge in [-0.05, 0) is 112 Å². The molecule has 0 aliphatic rings. The van der Waals surface area contributed by atoms with Gasteiger partial charge in [-0.1, -0.05) is 6.07 Å². The van der Waals surface area contributed by atoms with Crippen LogP contribution in [-0.2, 0) is 0 Å². The summed E-state index contributed by atoms with van der Waals surface area (Å²) in [6, 6.07) is 15.4. The van der Waals surface area contributed by atoms with Gasteiger partial charge in [-0.2, -0.15) is 0 Å². The smallest absolute Gasteiger partial charge is 0.274 e. The van der Waals surface area contributed by atoms with Gasteiger partial charge in [0, 0.05) is 29.3 Å². The molecule has 3 rings (SSSR count). The van der Waals surface area contributed by atoms with Crippen molar-refractivity contribution < 1.29 is 9.59 Å². The van der Waals surface area contributed by atoms with Gasteiger partial charge < -0.3 is 10.6 Å². The molecule has 5 nitrogen and oxygen atoms in total. The first kappa shape index (κ1) is 21.2. The summed E-state index contributed by atoms with van der Waals surface area (Å²) in [7, 11) is 0. The molecule has 0 radical (unpaired) electrons. The number of carbonyl (C=O) groups is 2. The molecule has 28 heavy (non-hydrogen) atoms. The van der Waals surface area contributed by atoms with E-state index in [2.05, 4.69) is 79.3 Å². The molecule has 0 saturated carbocycles. The molecule has 0 aliphatic carbocycles. The molecule has 2 aromatic carbocycles. The maximum absolute atomic E-state index is 12.5. The van der Waals surface area contributed by atoms with E-state index in [1.54, 1.807) is 42.5 Å². The number of anilines is 2. The van der Waals surface area contributed by atoms with Gasteiger partial charge in [-0.3, -0.25) is 9.59 Å². The van der Waals surface area contributed by atoms with Crippen LogP contribution in [0, 0.1) is 0 Å². The Balaban J connectivity index is 1.75. The van der Waals surface area contributed by atoms with E-state index in [4.69, 9.17) is 0 Å². The van der Waals surface area contributed by atoms with Crippen molar-refractivity contribution in [2.45, 2.75) is 0 Å². The summed E-state index contributed by atoms with van der Waals surface area (Å²) in [5, 5.41) is 5.52. The summed E-state index contributed by atoms with van der Waals surface area (Å²) in [5.41, 5.74) is 1.50. The van der Waals surface area contributed by atoms with Crippen molar-refractivity contribution in [2.24, 2.45) is 0 Å². The number of rotatable bonds is 4. The fourth-order valence-corrected chi connectivity index (χ4v) is 3.48.